The maximum atomic E-state index is 12.5. The summed E-state index contributed by atoms with van der Waals surface area (Å²) in [6.07, 6.45) is 57.7. The van der Waals surface area contributed by atoms with Crippen molar-refractivity contribution in [2.75, 3.05) is 6.61 Å². The van der Waals surface area contributed by atoms with Gasteiger partial charge in [-0.25, -0.2) is 0 Å². The molecule has 0 aromatic carbocycles. The fourth-order valence-corrected chi connectivity index (χ4v) is 8.34. The highest BCUT2D eigenvalue weighted by Crippen LogP contribution is 2.17. The molecule has 0 aliphatic heterocycles. The van der Waals surface area contributed by atoms with Gasteiger partial charge >= 0.3 is 0 Å². The quantitative estimate of drug-likeness (QED) is 0.0364. The van der Waals surface area contributed by atoms with Gasteiger partial charge in [0, 0.05) is 6.42 Å². The van der Waals surface area contributed by atoms with Crippen molar-refractivity contribution < 1.29 is 20.1 Å². The third kappa shape index (κ3) is 43.0. The molecule has 0 aromatic rings. The Morgan fingerprint density at radius 3 is 1.02 bits per heavy atom. The van der Waals surface area contributed by atoms with Crippen LogP contribution in [0.3, 0.4) is 0 Å². The van der Waals surface area contributed by atoms with Crippen molar-refractivity contribution in [1.82, 2.24) is 5.32 Å². The number of allylic oxidation sites excluding steroid dienone is 2. The van der Waals surface area contributed by atoms with Crippen LogP contribution in [0.1, 0.15) is 290 Å². The van der Waals surface area contributed by atoms with Gasteiger partial charge in [-0.05, 0) is 38.5 Å². The smallest absolute Gasteiger partial charge is 0.220 e. The Morgan fingerprint density at radius 2 is 0.702 bits per heavy atom. The number of carbonyl (C=O) groups is 1. The Hall–Kier alpha value is -0.910. The highest BCUT2D eigenvalue weighted by Gasteiger charge is 2.26. The molecule has 340 valence electrons. The first-order valence-electron chi connectivity index (χ1n) is 26.0. The minimum atomic E-state index is -1.14. The molecular weight excluding hydrogens is 703 g/mol. The largest absolute Gasteiger partial charge is 0.394 e. The van der Waals surface area contributed by atoms with E-state index < -0.39 is 18.2 Å². The maximum Gasteiger partial charge on any atom is 0.220 e. The zero-order valence-electron chi connectivity index (χ0n) is 38.7. The molecule has 0 heterocycles. The van der Waals surface area contributed by atoms with Crippen molar-refractivity contribution in [3.8, 4) is 0 Å². The summed E-state index contributed by atoms with van der Waals surface area (Å²) in [6.45, 7) is 4.21. The summed E-state index contributed by atoms with van der Waals surface area (Å²) in [5.41, 5.74) is 0. The summed E-state index contributed by atoms with van der Waals surface area (Å²) in [5.74, 6) is -0.144. The van der Waals surface area contributed by atoms with Gasteiger partial charge in [0.2, 0.25) is 5.91 Å². The van der Waals surface area contributed by atoms with Crippen LogP contribution in [0.15, 0.2) is 12.2 Å². The molecule has 0 saturated heterocycles. The molecule has 3 unspecified atom stereocenters. The number of carbonyl (C=O) groups excluding carboxylic acids is 1. The molecule has 5 heteroatoms. The number of aliphatic hydroxyl groups excluding tert-OH is 3. The molecular formula is C52H103NO4. The van der Waals surface area contributed by atoms with Crippen molar-refractivity contribution in [3.63, 3.8) is 0 Å². The van der Waals surface area contributed by atoms with Crippen molar-refractivity contribution in [2.45, 2.75) is 308 Å². The number of rotatable bonds is 48. The molecule has 4 N–H and O–H groups in total. The van der Waals surface area contributed by atoms with Gasteiger partial charge in [-0.15, -0.1) is 0 Å². The first kappa shape index (κ1) is 56.1. The van der Waals surface area contributed by atoms with E-state index in [2.05, 4.69) is 31.3 Å². The molecule has 0 saturated carbocycles. The lowest BCUT2D eigenvalue weighted by molar-refractivity contribution is -0.124. The molecule has 0 rings (SSSR count). The highest BCUT2D eigenvalue weighted by molar-refractivity contribution is 5.76. The van der Waals surface area contributed by atoms with E-state index >= 15 is 0 Å². The van der Waals surface area contributed by atoms with Crippen LogP contribution < -0.4 is 5.32 Å². The minimum absolute atomic E-state index is 0.144. The lowest BCUT2D eigenvalue weighted by Gasteiger charge is -2.26. The fourth-order valence-electron chi connectivity index (χ4n) is 8.34. The third-order valence-corrected chi connectivity index (χ3v) is 12.4. The van der Waals surface area contributed by atoms with E-state index in [4.69, 9.17) is 0 Å². The van der Waals surface area contributed by atoms with Crippen molar-refractivity contribution in [1.29, 1.82) is 0 Å². The van der Waals surface area contributed by atoms with E-state index in [1.807, 2.05) is 0 Å². The summed E-state index contributed by atoms with van der Waals surface area (Å²) in [5, 5.41) is 33.7. The molecule has 0 fully saturated rings. The predicted molar refractivity (Wildman–Crippen MR) is 250 cm³/mol. The Bertz CT molecular complexity index is 803. The highest BCUT2D eigenvalue weighted by atomic mass is 16.3. The van der Waals surface area contributed by atoms with Gasteiger partial charge in [0.05, 0.1) is 18.8 Å². The van der Waals surface area contributed by atoms with Crippen LogP contribution in [0, 0.1) is 0 Å². The van der Waals surface area contributed by atoms with Crippen LogP contribution in [0.2, 0.25) is 0 Å². The van der Waals surface area contributed by atoms with Gasteiger partial charge in [0.25, 0.3) is 0 Å². The normalized spacial score (nSPS) is 13.4. The molecule has 1 amide bonds. The van der Waals surface area contributed by atoms with Gasteiger partial charge in [-0.2, -0.15) is 0 Å². The van der Waals surface area contributed by atoms with Gasteiger partial charge in [-0.1, -0.05) is 257 Å². The number of unbranched alkanes of at least 4 members (excludes halogenated alkanes) is 38. The van der Waals surface area contributed by atoms with E-state index in [1.54, 1.807) is 0 Å². The summed E-state index contributed by atoms with van der Waals surface area (Å²) in [4.78, 5) is 12.5. The maximum absolute atomic E-state index is 12.5. The lowest BCUT2D eigenvalue weighted by Crippen LogP contribution is -2.50. The van der Waals surface area contributed by atoms with E-state index in [0.717, 1.165) is 32.1 Å². The van der Waals surface area contributed by atoms with Crippen LogP contribution in [0.25, 0.3) is 0 Å². The number of amides is 1. The molecule has 0 aliphatic rings. The Morgan fingerprint density at radius 1 is 0.421 bits per heavy atom. The van der Waals surface area contributed by atoms with Gasteiger partial charge in [0.15, 0.2) is 0 Å². The first-order chi connectivity index (χ1) is 28.1. The topological polar surface area (TPSA) is 89.8 Å². The standard InChI is InChI=1S/C52H103NO4/c1-3-5-7-9-11-13-15-17-19-21-23-25-27-28-30-32-34-36-38-40-42-44-46-50(55)52(57)49(48-54)53-51(56)47-45-43-41-39-37-35-33-31-29-26-24-22-20-18-16-14-12-10-8-6-4-2/h26,29,49-50,52,54-55,57H,3-25,27-28,30-48H2,1-2H3,(H,53,56)/b29-26-. The fraction of sp³-hybridized carbons (Fsp3) is 0.942. The number of aliphatic hydroxyl groups is 3. The Labute approximate surface area is 357 Å². The van der Waals surface area contributed by atoms with Crippen LogP contribution in [-0.2, 0) is 4.79 Å². The van der Waals surface area contributed by atoms with E-state index in [0.29, 0.717) is 12.8 Å². The SMILES string of the molecule is CCCCCCCCCCCC/C=C\CCCCCCCCCC(=O)NC(CO)C(O)C(O)CCCCCCCCCCCCCCCCCCCCCCCC. The molecule has 3 atom stereocenters. The summed E-state index contributed by atoms with van der Waals surface area (Å²) in [6, 6.07) is -0.809. The van der Waals surface area contributed by atoms with Crippen LogP contribution in [0.5, 0.6) is 0 Å². The molecule has 57 heavy (non-hydrogen) atoms. The van der Waals surface area contributed by atoms with Gasteiger partial charge in [-0.3, -0.25) is 4.79 Å². The second kappa shape index (κ2) is 47.8. The zero-order valence-corrected chi connectivity index (χ0v) is 38.7. The van der Waals surface area contributed by atoms with Crippen LogP contribution in [0.4, 0.5) is 0 Å². The predicted octanol–water partition coefficient (Wildman–Crippen LogP) is 15.6. The molecule has 0 spiro atoms. The van der Waals surface area contributed by atoms with Crippen molar-refractivity contribution >= 4 is 5.91 Å². The monoisotopic (exact) mass is 806 g/mol. The van der Waals surface area contributed by atoms with Gasteiger partial charge in [0.1, 0.15) is 6.10 Å². The molecule has 0 radical (unpaired) electrons. The Balaban J connectivity index is 3.55. The van der Waals surface area contributed by atoms with E-state index in [1.165, 1.54) is 231 Å². The third-order valence-electron chi connectivity index (χ3n) is 12.4. The van der Waals surface area contributed by atoms with Crippen molar-refractivity contribution in [3.05, 3.63) is 12.2 Å². The second-order valence-electron chi connectivity index (χ2n) is 18.1. The average molecular weight is 806 g/mol. The second-order valence-corrected chi connectivity index (χ2v) is 18.1. The Kier molecular flexibility index (Phi) is 47.0. The van der Waals surface area contributed by atoms with E-state index in [9.17, 15) is 20.1 Å². The van der Waals surface area contributed by atoms with Gasteiger partial charge < -0.3 is 20.6 Å². The number of hydrogen-bond donors (Lipinski definition) is 4. The molecule has 5 nitrogen and oxygen atoms in total. The lowest BCUT2D eigenvalue weighted by atomic mass is 9.99. The number of nitrogens with one attached hydrogen (secondary N) is 1. The van der Waals surface area contributed by atoms with Crippen molar-refractivity contribution in [2.24, 2.45) is 0 Å². The van der Waals surface area contributed by atoms with E-state index in [-0.39, 0.29) is 12.5 Å². The summed E-state index contributed by atoms with van der Waals surface area (Å²) in [7, 11) is 0. The average Bonchev–Trinajstić information content (AvgIpc) is 3.22. The molecule has 0 aromatic heterocycles. The molecule has 0 aliphatic carbocycles. The summed E-state index contributed by atoms with van der Waals surface area (Å²) < 4.78 is 0. The molecule has 0 bridgehead atoms. The van der Waals surface area contributed by atoms with Crippen LogP contribution >= 0.6 is 0 Å². The summed E-state index contributed by atoms with van der Waals surface area (Å²) >= 11 is 0. The zero-order chi connectivity index (χ0) is 41.5. The minimum Gasteiger partial charge on any atom is -0.394 e. The number of hydrogen-bond acceptors (Lipinski definition) is 4. The first-order valence-corrected chi connectivity index (χ1v) is 26.0. The van der Waals surface area contributed by atoms with Crippen LogP contribution in [-0.4, -0.2) is 46.1 Å².